The lowest BCUT2D eigenvalue weighted by Crippen LogP contribution is -2.52. The van der Waals surface area contributed by atoms with Crippen LogP contribution in [0.15, 0.2) is 23.0 Å². The molecule has 98 valence electrons. The van der Waals surface area contributed by atoms with Crippen LogP contribution in [0.5, 0.6) is 0 Å². The SMILES string of the molecule is [NH3+]OC(=O)Cn1c(=O)n2c3c(cccc31)NC(=O)C2. The zero-order valence-corrected chi connectivity index (χ0v) is 9.88. The van der Waals surface area contributed by atoms with Crippen molar-refractivity contribution in [3.8, 4) is 0 Å². The molecular weight excluding hydrogens is 252 g/mol. The molecule has 4 N–H and O–H groups in total. The predicted molar refractivity (Wildman–Crippen MR) is 63.8 cm³/mol. The van der Waals surface area contributed by atoms with Gasteiger partial charge in [-0.25, -0.2) is 9.59 Å². The third-order valence-electron chi connectivity index (χ3n) is 3.06. The number of benzene rings is 1. The highest BCUT2D eigenvalue weighted by molar-refractivity contribution is 6.03. The van der Waals surface area contributed by atoms with Crippen LogP contribution in [0.2, 0.25) is 0 Å². The van der Waals surface area contributed by atoms with Crippen molar-refractivity contribution < 1.29 is 20.3 Å². The number of quaternary nitrogens is 1. The lowest BCUT2D eigenvalue weighted by Gasteiger charge is -2.14. The Hall–Kier alpha value is -2.61. The van der Waals surface area contributed by atoms with E-state index in [1.807, 2.05) is 0 Å². The summed E-state index contributed by atoms with van der Waals surface area (Å²) in [5.74, 6) is 2.14. The molecule has 0 bridgehead atoms. The second-order valence-electron chi connectivity index (χ2n) is 4.19. The van der Waals surface area contributed by atoms with Crippen LogP contribution < -0.4 is 16.9 Å². The molecule has 0 saturated carbocycles. The van der Waals surface area contributed by atoms with E-state index in [9.17, 15) is 14.4 Å². The lowest BCUT2D eigenvalue weighted by molar-refractivity contribution is -0.657. The largest absolute Gasteiger partial charge is 0.385 e. The van der Waals surface area contributed by atoms with Gasteiger partial charge in [-0.05, 0) is 12.1 Å². The number of anilines is 1. The van der Waals surface area contributed by atoms with Gasteiger partial charge in [-0.2, -0.15) is 5.90 Å². The molecule has 1 aromatic carbocycles. The van der Waals surface area contributed by atoms with Crippen molar-refractivity contribution >= 4 is 28.6 Å². The smallest absolute Gasteiger partial charge is 0.323 e. The Bertz CT molecular complexity index is 758. The van der Waals surface area contributed by atoms with E-state index in [2.05, 4.69) is 16.1 Å². The molecule has 8 nitrogen and oxygen atoms in total. The Kier molecular flexibility index (Phi) is 2.39. The Labute approximate surface area is 106 Å². The highest BCUT2D eigenvalue weighted by atomic mass is 16.7. The molecule has 1 aliphatic rings. The van der Waals surface area contributed by atoms with Gasteiger partial charge in [0, 0.05) is 0 Å². The summed E-state index contributed by atoms with van der Waals surface area (Å²) in [6.45, 7) is -0.289. The first kappa shape index (κ1) is 11.5. The monoisotopic (exact) mass is 263 g/mol. The van der Waals surface area contributed by atoms with Crippen LogP contribution in [0.3, 0.4) is 0 Å². The summed E-state index contributed by atoms with van der Waals surface area (Å²) >= 11 is 0. The van der Waals surface area contributed by atoms with Crippen molar-refractivity contribution in [1.82, 2.24) is 9.13 Å². The molecule has 0 radical (unpaired) electrons. The number of rotatable bonds is 2. The van der Waals surface area contributed by atoms with Crippen molar-refractivity contribution in [3.63, 3.8) is 0 Å². The van der Waals surface area contributed by atoms with Gasteiger partial charge < -0.3 is 5.32 Å². The number of imidazole rings is 1. The van der Waals surface area contributed by atoms with E-state index in [0.717, 1.165) is 0 Å². The molecular formula is C11H11N4O4+. The molecule has 0 saturated heterocycles. The summed E-state index contributed by atoms with van der Waals surface area (Å²) < 4.78 is 2.62. The summed E-state index contributed by atoms with van der Waals surface area (Å²) in [6.07, 6.45) is 0. The number of carbonyl (C=O) groups is 2. The normalized spacial score (nSPS) is 13.4. The second kappa shape index (κ2) is 3.95. The van der Waals surface area contributed by atoms with Crippen LogP contribution in [0, 0.1) is 0 Å². The zero-order chi connectivity index (χ0) is 13.6. The van der Waals surface area contributed by atoms with Crippen molar-refractivity contribution in [2.24, 2.45) is 0 Å². The summed E-state index contributed by atoms with van der Waals surface area (Å²) in [5.41, 5.74) is 1.34. The first-order valence-electron chi connectivity index (χ1n) is 5.58. The van der Waals surface area contributed by atoms with E-state index < -0.39 is 11.7 Å². The van der Waals surface area contributed by atoms with E-state index >= 15 is 0 Å². The first-order chi connectivity index (χ1) is 9.11. The third kappa shape index (κ3) is 1.61. The zero-order valence-electron chi connectivity index (χ0n) is 9.88. The van der Waals surface area contributed by atoms with E-state index in [1.54, 1.807) is 18.2 Å². The van der Waals surface area contributed by atoms with Crippen LogP contribution in [0.4, 0.5) is 5.69 Å². The maximum absolute atomic E-state index is 12.2. The molecule has 0 unspecified atom stereocenters. The molecule has 1 aromatic heterocycles. The molecule has 0 atom stereocenters. The number of hydrogen-bond acceptors (Lipinski definition) is 4. The molecule has 0 aliphatic carbocycles. The fourth-order valence-electron chi connectivity index (χ4n) is 2.29. The predicted octanol–water partition coefficient (Wildman–Crippen LogP) is -1.54. The minimum Gasteiger partial charge on any atom is -0.323 e. The van der Waals surface area contributed by atoms with Crippen molar-refractivity contribution in [2.45, 2.75) is 13.1 Å². The summed E-state index contributed by atoms with van der Waals surface area (Å²) in [6, 6.07) is 5.13. The molecule has 2 heterocycles. The molecule has 19 heavy (non-hydrogen) atoms. The highest BCUT2D eigenvalue weighted by Crippen LogP contribution is 2.25. The number of nitrogens with one attached hydrogen (secondary N) is 1. The Balaban J connectivity index is 2.29. The average molecular weight is 263 g/mol. The topological polar surface area (TPSA) is 110 Å². The maximum atomic E-state index is 12.2. The van der Waals surface area contributed by atoms with Gasteiger partial charge in [0.1, 0.15) is 13.1 Å². The quantitative estimate of drug-likeness (QED) is 0.639. The van der Waals surface area contributed by atoms with Gasteiger partial charge in [-0.15, -0.1) is 0 Å². The molecule has 0 fully saturated rings. The minimum atomic E-state index is -0.620. The lowest BCUT2D eigenvalue weighted by atomic mass is 10.2. The van der Waals surface area contributed by atoms with Gasteiger partial charge >= 0.3 is 11.7 Å². The molecule has 3 rings (SSSR count). The molecule has 2 aromatic rings. The molecule has 1 aliphatic heterocycles. The number of aromatic nitrogens is 2. The second-order valence-corrected chi connectivity index (χ2v) is 4.19. The number of hydrogen-bond donors (Lipinski definition) is 2. The van der Waals surface area contributed by atoms with E-state index in [1.165, 1.54) is 9.13 Å². The maximum Gasteiger partial charge on any atom is 0.385 e. The Morgan fingerprint density at radius 3 is 2.95 bits per heavy atom. The molecule has 8 heteroatoms. The first-order valence-corrected chi connectivity index (χ1v) is 5.58. The van der Waals surface area contributed by atoms with Gasteiger partial charge in [-0.3, -0.25) is 18.8 Å². The van der Waals surface area contributed by atoms with Gasteiger partial charge in [0.2, 0.25) is 5.91 Å². The summed E-state index contributed by atoms with van der Waals surface area (Å²) in [7, 11) is 0. The molecule has 1 amide bonds. The number of para-hydroxylation sites is 1. The average Bonchev–Trinajstić information content (AvgIpc) is 2.66. The van der Waals surface area contributed by atoms with Gasteiger partial charge in [0.15, 0.2) is 0 Å². The summed E-state index contributed by atoms with van der Waals surface area (Å²) in [4.78, 5) is 39.4. The fourth-order valence-corrected chi connectivity index (χ4v) is 2.29. The van der Waals surface area contributed by atoms with Crippen molar-refractivity contribution in [1.29, 1.82) is 0 Å². The standard InChI is InChI=1S/C11H10N4O4/c12-19-9(17)5-14-7-3-1-2-6-10(7)15(11(14)18)4-8(16)13-6/h1-3H,4-5H2,12H3/p+1. The van der Waals surface area contributed by atoms with Crippen LogP contribution in [-0.2, 0) is 27.5 Å². The van der Waals surface area contributed by atoms with Crippen LogP contribution in [-0.4, -0.2) is 21.0 Å². The van der Waals surface area contributed by atoms with Crippen LogP contribution in [0.1, 0.15) is 0 Å². The van der Waals surface area contributed by atoms with Gasteiger partial charge in [-0.1, -0.05) is 6.07 Å². The molecule has 0 spiro atoms. The third-order valence-corrected chi connectivity index (χ3v) is 3.06. The number of carbonyl (C=O) groups excluding carboxylic acids is 2. The van der Waals surface area contributed by atoms with E-state index in [0.29, 0.717) is 16.7 Å². The summed E-state index contributed by atoms with van der Waals surface area (Å²) in [5, 5.41) is 2.69. The number of nitrogens with zero attached hydrogens (tertiary/aromatic N) is 2. The van der Waals surface area contributed by atoms with E-state index in [4.69, 9.17) is 0 Å². The van der Waals surface area contributed by atoms with Crippen molar-refractivity contribution in [3.05, 3.63) is 28.7 Å². The van der Waals surface area contributed by atoms with Crippen LogP contribution >= 0.6 is 0 Å². The van der Waals surface area contributed by atoms with Gasteiger partial charge in [0.05, 0.1) is 16.7 Å². The Morgan fingerprint density at radius 2 is 2.21 bits per heavy atom. The van der Waals surface area contributed by atoms with E-state index in [-0.39, 0.29) is 19.0 Å². The van der Waals surface area contributed by atoms with Gasteiger partial charge in [0.25, 0.3) is 0 Å². The van der Waals surface area contributed by atoms with Crippen molar-refractivity contribution in [2.75, 3.05) is 5.32 Å². The highest BCUT2D eigenvalue weighted by Gasteiger charge is 2.24. The Morgan fingerprint density at radius 1 is 1.42 bits per heavy atom. The fraction of sp³-hybridized carbons (Fsp3) is 0.182. The minimum absolute atomic E-state index is 0.0568. The number of amides is 1. The van der Waals surface area contributed by atoms with Crippen LogP contribution in [0.25, 0.3) is 11.0 Å².